The number of para-hydroxylation sites is 1. The van der Waals surface area contributed by atoms with E-state index in [9.17, 15) is 13.6 Å². The molecule has 0 bridgehead atoms. The molecule has 1 aliphatic heterocycles. The largest absolute Gasteiger partial charge is 0.489 e. The highest BCUT2D eigenvalue weighted by atomic mass is 19.3. The molecule has 0 unspecified atom stereocenters. The highest BCUT2D eigenvalue weighted by molar-refractivity contribution is 6.09. The maximum Gasteiger partial charge on any atom is 0.387 e. The Balaban J connectivity index is 2.27. The monoisotopic (exact) mass is 240 g/mol. The first kappa shape index (κ1) is 11.6. The standard InChI is InChI=1S/C12H10F2O3/c13-12(14)17-9-5-2-1-4-8(9)11(15)10-6-3-7-16-10/h1-2,4-6,12H,3,7H2. The number of rotatable bonds is 4. The lowest BCUT2D eigenvalue weighted by Crippen LogP contribution is -2.10. The van der Waals surface area contributed by atoms with Gasteiger partial charge >= 0.3 is 6.61 Å². The summed E-state index contributed by atoms with van der Waals surface area (Å²) in [5.74, 6) is -0.377. The van der Waals surface area contributed by atoms with Crippen LogP contribution in [0.3, 0.4) is 0 Å². The van der Waals surface area contributed by atoms with Gasteiger partial charge in [0, 0.05) is 6.42 Å². The van der Waals surface area contributed by atoms with Crippen LogP contribution in [0.4, 0.5) is 8.78 Å². The molecule has 1 aromatic carbocycles. The van der Waals surface area contributed by atoms with E-state index in [1.54, 1.807) is 12.1 Å². The van der Waals surface area contributed by atoms with Gasteiger partial charge in [0.25, 0.3) is 0 Å². The summed E-state index contributed by atoms with van der Waals surface area (Å²) < 4.78 is 33.7. The SMILES string of the molecule is O=C(C1=CCCO1)c1ccccc1OC(F)F. The highest BCUT2D eigenvalue weighted by Gasteiger charge is 2.21. The summed E-state index contributed by atoms with van der Waals surface area (Å²) in [4.78, 5) is 11.9. The summed E-state index contributed by atoms with van der Waals surface area (Å²) in [6.07, 6.45) is 2.29. The number of hydrogen-bond acceptors (Lipinski definition) is 3. The Morgan fingerprint density at radius 1 is 1.35 bits per heavy atom. The highest BCUT2D eigenvalue weighted by Crippen LogP contribution is 2.25. The zero-order valence-electron chi connectivity index (χ0n) is 8.86. The number of Topliss-reactive ketones (excluding diaryl/α,β-unsaturated/α-hetero) is 1. The molecule has 0 radical (unpaired) electrons. The third kappa shape index (κ3) is 2.61. The lowest BCUT2D eigenvalue weighted by molar-refractivity contribution is -0.0501. The Kier molecular flexibility index (Phi) is 3.37. The van der Waals surface area contributed by atoms with Crippen LogP contribution >= 0.6 is 0 Å². The van der Waals surface area contributed by atoms with Gasteiger partial charge in [0.1, 0.15) is 5.75 Å². The lowest BCUT2D eigenvalue weighted by atomic mass is 10.1. The Labute approximate surface area is 96.6 Å². The Hall–Kier alpha value is -1.91. The number of alkyl halides is 2. The second-order valence-electron chi connectivity index (χ2n) is 3.41. The molecule has 0 amide bonds. The van der Waals surface area contributed by atoms with Crippen LogP contribution in [-0.4, -0.2) is 19.0 Å². The molecular weight excluding hydrogens is 230 g/mol. The number of ether oxygens (including phenoxy) is 2. The molecule has 0 fully saturated rings. The maximum absolute atomic E-state index is 12.2. The molecule has 0 atom stereocenters. The number of benzene rings is 1. The van der Waals surface area contributed by atoms with E-state index in [0.717, 1.165) is 0 Å². The Morgan fingerprint density at radius 2 is 2.12 bits per heavy atom. The minimum Gasteiger partial charge on any atom is -0.489 e. The first-order valence-electron chi connectivity index (χ1n) is 5.10. The van der Waals surface area contributed by atoms with Crippen LogP contribution < -0.4 is 4.74 Å². The Bertz CT molecular complexity index is 455. The van der Waals surface area contributed by atoms with Gasteiger partial charge in [-0.15, -0.1) is 0 Å². The van der Waals surface area contributed by atoms with Crippen molar-refractivity contribution in [3.8, 4) is 5.75 Å². The van der Waals surface area contributed by atoms with Crippen molar-refractivity contribution < 1.29 is 23.0 Å². The van der Waals surface area contributed by atoms with Gasteiger partial charge in [-0.25, -0.2) is 0 Å². The molecule has 0 saturated carbocycles. The molecule has 5 heteroatoms. The van der Waals surface area contributed by atoms with E-state index in [0.29, 0.717) is 13.0 Å². The van der Waals surface area contributed by atoms with E-state index in [4.69, 9.17) is 4.74 Å². The average Bonchev–Trinajstić information content (AvgIpc) is 2.81. The molecule has 0 saturated heterocycles. The fourth-order valence-corrected chi connectivity index (χ4v) is 1.56. The van der Waals surface area contributed by atoms with E-state index < -0.39 is 12.4 Å². The first-order chi connectivity index (χ1) is 8.18. The molecule has 0 spiro atoms. The number of halogens is 2. The van der Waals surface area contributed by atoms with Crippen molar-refractivity contribution in [1.29, 1.82) is 0 Å². The minimum atomic E-state index is -2.96. The van der Waals surface area contributed by atoms with E-state index in [1.807, 2.05) is 0 Å². The fraction of sp³-hybridized carbons (Fsp3) is 0.250. The molecule has 1 aliphatic rings. The van der Waals surface area contributed by atoms with Crippen LogP contribution in [0, 0.1) is 0 Å². The van der Waals surface area contributed by atoms with Crippen LogP contribution in [0.5, 0.6) is 5.75 Å². The van der Waals surface area contributed by atoms with E-state index in [2.05, 4.69) is 4.74 Å². The van der Waals surface area contributed by atoms with Gasteiger partial charge in [0.05, 0.1) is 12.2 Å². The topological polar surface area (TPSA) is 35.5 Å². The van der Waals surface area contributed by atoms with Crippen LogP contribution in [0.1, 0.15) is 16.8 Å². The quantitative estimate of drug-likeness (QED) is 0.759. The lowest BCUT2D eigenvalue weighted by Gasteiger charge is -2.09. The van der Waals surface area contributed by atoms with Crippen molar-refractivity contribution in [3.05, 3.63) is 41.7 Å². The average molecular weight is 240 g/mol. The summed E-state index contributed by atoms with van der Waals surface area (Å²) in [7, 11) is 0. The summed E-state index contributed by atoms with van der Waals surface area (Å²) in [6, 6.07) is 5.87. The van der Waals surface area contributed by atoms with E-state index in [-0.39, 0.29) is 17.1 Å². The summed E-state index contributed by atoms with van der Waals surface area (Å²) in [5.41, 5.74) is 0.0842. The third-order valence-electron chi connectivity index (χ3n) is 2.28. The zero-order valence-corrected chi connectivity index (χ0v) is 8.86. The molecular formula is C12H10F2O3. The zero-order chi connectivity index (χ0) is 12.3. The van der Waals surface area contributed by atoms with Crippen LogP contribution in [-0.2, 0) is 4.74 Å². The second kappa shape index (κ2) is 4.95. The van der Waals surface area contributed by atoms with Crippen molar-refractivity contribution in [3.63, 3.8) is 0 Å². The minimum absolute atomic E-state index is 0.0842. The molecule has 0 N–H and O–H groups in total. The Morgan fingerprint density at radius 3 is 2.76 bits per heavy atom. The number of ketones is 1. The van der Waals surface area contributed by atoms with Crippen molar-refractivity contribution >= 4 is 5.78 Å². The number of allylic oxidation sites excluding steroid dienone is 1. The summed E-state index contributed by atoms with van der Waals surface area (Å²) in [5, 5.41) is 0. The van der Waals surface area contributed by atoms with Crippen molar-refractivity contribution in [2.24, 2.45) is 0 Å². The fourth-order valence-electron chi connectivity index (χ4n) is 1.56. The molecule has 0 aliphatic carbocycles. The number of carbonyl (C=O) groups excluding carboxylic acids is 1. The number of carbonyl (C=O) groups is 1. The van der Waals surface area contributed by atoms with Crippen LogP contribution in [0.25, 0.3) is 0 Å². The van der Waals surface area contributed by atoms with E-state index >= 15 is 0 Å². The molecule has 1 heterocycles. The third-order valence-corrected chi connectivity index (χ3v) is 2.28. The first-order valence-corrected chi connectivity index (χ1v) is 5.10. The normalized spacial score (nSPS) is 14.4. The second-order valence-corrected chi connectivity index (χ2v) is 3.41. The van der Waals surface area contributed by atoms with Gasteiger partial charge in [-0.2, -0.15) is 8.78 Å². The van der Waals surface area contributed by atoms with Gasteiger partial charge in [-0.3, -0.25) is 4.79 Å². The van der Waals surface area contributed by atoms with Gasteiger partial charge in [0.15, 0.2) is 5.76 Å². The van der Waals surface area contributed by atoms with Crippen LogP contribution in [0.2, 0.25) is 0 Å². The molecule has 1 aromatic rings. The summed E-state index contributed by atoms with van der Waals surface area (Å²) in [6.45, 7) is -2.51. The van der Waals surface area contributed by atoms with Crippen LogP contribution in [0.15, 0.2) is 36.1 Å². The smallest absolute Gasteiger partial charge is 0.387 e. The molecule has 90 valence electrons. The molecule has 0 aromatic heterocycles. The molecule has 17 heavy (non-hydrogen) atoms. The summed E-state index contributed by atoms with van der Waals surface area (Å²) >= 11 is 0. The van der Waals surface area contributed by atoms with Gasteiger partial charge in [-0.05, 0) is 18.2 Å². The maximum atomic E-state index is 12.2. The van der Waals surface area contributed by atoms with Crippen molar-refractivity contribution in [2.75, 3.05) is 6.61 Å². The van der Waals surface area contributed by atoms with Gasteiger partial charge in [-0.1, -0.05) is 12.1 Å². The van der Waals surface area contributed by atoms with Crippen molar-refractivity contribution in [2.45, 2.75) is 13.0 Å². The van der Waals surface area contributed by atoms with Gasteiger partial charge in [0.2, 0.25) is 5.78 Å². The number of hydrogen-bond donors (Lipinski definition) is 0. The van der Waals surface area contributed by atoms with E-state index in [1.165, 1.54) is 18.2 Å². The van der Waals surface area contributed by atoms with Crippen molar-refractivity contribution in [1.82, 2.24) is 0 Å². The predicted octanol–water partition coefficient (Wildman–Crippen LogP) is 2.77. The molecule has 2 rings (SSSR count). The van der Waals surface area contributed by atoms with Gasteiger partial charge < -0.3 is 9.47 Å². The molecule has 3 nitrogen and oxygen atoms in total. The predicted molar refractivity (Wildman–Crippen MR) is 56.1 cm³/mol.